The van der Waals surface area contributed by atoms with Gasteiger partial charge in [0.15, 0.2) is 5.75 Å². The molecule has 2 heterocycles. The number of morpholine rings is 1. The van der Waals surface area contributed by atoms with Crippen LogP contribution in [0.3, 0.4) is 0 Å². The molecular formula is C28H27ClN4O5. The van der Waals surface area contributed by atoms with E-state index in [1.807, 2.05) is 18.2 Å². The molecule has 3 aromatic carbocycles. The number of hydrogen-bond acceptors (Lipinski definition) is 5. The zero-order chi connectivity index (χ0) is 26.5. The molecule has 1 atom stereocenters. The number of benzene rings is 3. The van der Waals surface area contributed by atoms with Crippen molar-refractivity contribution in [3.8, 4) is 11.5 Å². The van der Waals surface area contributed by atoms with Crippen LogP contribution in [0.5, 0.6) is 11.5 Å². The number of para-hydroxylation sites is 1. The monoisotopic (exact) mass is 534 g/mol. The summed E-state index contributed by atoms with van der Waals surface area (Å²) in [4.78, 5) is 41.9. The third kappa shape index (κ3) is 5.90. The molecule has 3 aromatic rings. The first kappa shape index (κ1) is 25.6. The average Bonchev–Trinajstić information content (AvgIpc) is 3.42. The molecule has 2 saturated heterocycles. The van der Waals surface area contributed by atoms with Crippen molar-refractivity contribution in [3.63, 3.8) is 0 Å². The summed E-state index contributed by atoms with van der Waals surface area (Å²) < 4.78 is 11.4. The smallest absolute Gasteiger partial charge is 0.322 e. The highest BCUT2D eigenvalue weighted by Crippen LogP contribution is 2.35. The molecule has 4 amide bonds. The molecule has 0 saturated carbocycles. The van der Waals surface area contributed by atoms with E-state index in [0.29, 0.717) is 66.1 Å². The van der Waals surface area contributed by atoms with Gasteiger partial charge in [0.1, 0.15) is 18.4 Å². The van der Waals surface area contributed by atoms with Crippen molar-refractivity contribution in [1.82, 2.24) is 4.90 Å². The topological polar surface area (TPSA) is 100 Å². The van der Waals surface area contributed by atoms with Crippen molar-refractivity contribution >= 4 is 46.5 Å². The fraction of sp³-hybridized carbons (Fsp3) is 0.250. The summed E-state index contributed by atoms with van der Waals surface area (Å²) in [5.41, 5.74) is 1.68. The molecule has 0 unspecified atom stereocenters. The second-order valence-corrected chi connectivity index (χ2v) is 9.41. The fourth-order valence-electron chi connectivity index (χ4n) is 4.50. The Bertz CT molecular complexity index is 1320. The minimum atomic E-state index is -0.646. The van der Waals surface area contributed by atoms with E-state index in [1.165, 1.54) is 4.90 Å². The van der Waals surface area contributed by atoms with E-state index in [9.17, 15) is 14.4 Å². The Morgan fingerprint density at radius 2 is 1.76 bits per heavy atom. The molecule has 196 valence electrons. The number of anilines is 3. The van der Waals surface area contributed by atoms with Crippen LogP contribution in [0.1, 0.15) is 12.8 Å². The van der Waals surface area contributed by atoms with Crippen LogP contribution < -0.4 is 20.3 Å². The standard InChI is InChI=1S/C28H27ClN4O5/c29-19-8-10-20(11-9-19)30-28(36)33-14-4-7-24(33)27(35)31-23-13-12-21(32-15-16-37-18-26(32)34)17-25(23)38-22-5-2-1-3-6-22/h1-3,5-6,8-13,17,24H,4,7,14-16,18H2,(H,30,36)(H,31,35)/t24-/m1/s1. The van der Waals surface area contributed by atoms with Crippen molar-refractivity contribution in [2.45, 2.75) is 18.9 Å². The molecule has 0 spiro atoms. The highest BCUT2D eigenvalue weighted by Gasteiger charge is 2.34. The minimum absolute atomic E-state index is 0.0168. The molecule has 0 aliphatic carbocycles. The van der Waals surface area contributed by atoms with Gasteiger partial charge in [0.05, 0.1) is 12.3 Å². The number of nitrogens with zero attached hydrogens (tertiary/aromatic N) is 2. The maximum atomic E-state index is 13.4. The van der Waals surface area contributed by atoms with Crippen molar-refractivity contribution in [2.75, 3.05) is 41.8 Å². The number of halogens is 1. The highest BCUT2D eigenvalue weighted by molar-refractivity contribution is 6.30. The van der Waals surface area contributed by atoms with Crippen molar-refractivity contribution in [3.05, 3.63) is 77.8 Å². The van der Waals surface area contributed by atoms with Gasteiger partial charge in [-0.05, 0) is 61.4 Å². The van der Waals surface area contributed by atoms with Crippen LogP contribution >= 0.6 is 11.6 Å². The Kier molecular flexibility index (Phi) is 7.76. The Labute approximate surface area is 225 Å². The maximum Gasteiger partial charge on any atom is 0.322 e. The number of nitrogens with one attached hydrogen (secondary N) is 2. The third-order valence-electron chi connectivity index (χ3n) is 6.40. The first-order valence-electron chi connectivity index (χ1n) is 12.4. The number of ether oxygens (including phenoxy) is 2. The van der Waals surface area contributed by atoms with Gasteiger partial charge in [0.2, 0.25) is 5.91 Å². The summed E-state index contributed by atoms with van der Waals surface area (Å²) in [5.74, 6) is 0.503. The van der Waals surface area contributed by atoms with E-state index < -0.39 is 6.04 Å². The maximum absolute atomic E-state index is 13.4. The van der Waals surface area contributed by atoms with Crippen LogP contribution in [0.4, 0.5) is 21.9 Å². The normalized spacial score (nSPS) is 17.3. The van der Waals surface area contributed by atoms with Gasteiger partial charge in [-0.15, -0.1) is 0 Å². The van der Waals surface area contributed by atoms with Gasteiger partial charge >= 0.3 is 6.03 Å². The fourth-order valence-corrected chi connectivity index (χ4v) is 4.63. The summed E-state index contributed by atoms with van der Waals surface area (Å²) >= 11 is 5.93. The number of hydrogen-bond donors (Lipinski definition) is 2. The summed E-state index contributed by atoms with van der Waals surface area (Å²) in [5, 5.41) is 6.34. The van der Waals surface area contributed by atoms with Crippen LogP contribution in [-0.4, -0.2) is 55.1 Å². The van der Waals surface area contributed by atoms with Crippen LogP contribution in [0, 0.1) is 0 Å². The molecular weight excluding hydrogens is 508 g/mol. The summed E-state index contributed by atoms with van der Waals surface area (Å²) in [6.45, 7) is 1.34. The van der Waals surface area contributed by atoms with Gasteiger partial charge in [0.25, 0.3) is 5.91 Å². The van der Waals surface area contributed by atoms with Crippen LogP contribution in [0.2, 0.25) is 5.02 Å². The van der Waals surface area contributed by atoms with Gasteiger partial charge in [-0.2, -0.15) is 0 Å². The number of rotatable bonds is 6. The first-order valence-corrected chi connectivity index (χ1v) is 12.7. The minimum Gasteiger partial charge on any atom is -0.455 e. The van der Waals surface area contributed by atoms with Crippen LogP contribution in [0.15, 0.2) is 72.8 Å². The van der Waals surface area contributed by atoms with Crippen LogP contribution in [0.25, 0.3) is 0 Å². The number of carbonyl (C=O) groups is 3. The van der Waals surface area contributed by atoms with Crippen LogP contribution in [-0.2, 0) is 14.3 Å². The number of likely N-dealkylation sites (tertiary alicyclic amines) is 1. The van der Waals surface area contributed by atoms with E-state index in [4.69, 9.17) is 21.1 Å². The van der Waals surface area contributed by atoms with E-state index >= 15 is 0 Å². The van der Waals surface area contributed by atoms with Gasteiger partial charge in [-0.3, -0.25) is 9.59 Å². The van der Waals surface area contributed by atoms with Gasteiger partial charge < -0.3 is 29.9 Å². The Hall–Kier alpha value is -4.08. The lowest BCUT2D eigenvalue weighted by Gasteiger charge is -2.28. The van der Waals surface area contributed by atoms with E-state index in [1.54, 1.807) is 59.5 Å². The third-order valence-corrected chi connectivity index (χ3v) is 6.66. The summed E-state index contributed by atoms with van der Waals surface area (Å²) in [6.07, 6.45) is 1.24. The van der Waals surface area contributed by atoms with Gasteiger partial charge in [-0.1, -0.05) is 29.8 Å². The molecule has 0 radical (unpaired) electrons. The number of urea groups is 1. The Balaban J connectivity index is 1.35. The molecule has 2 fully saturated rings. The van der Waals surface area contributed by atoms with E-state index in [-0.39, 0.29) is 24.5 Å². The van der Waals surface area contributed by atoms with E-state index in [2.05, 4.69) is 10.6 Å². The molecule has 38 heavy (non-hydrogen) atoms. The molecule has 5 rings (SSSR count). The van der Waals surface area contributed by atoms with E-state index in [0.717, 1.165) is 0 Å². The van der Waals surface area contributed by atoms with Crippen molar-refractivity contribution < 1.29 is 23.9 Å². The second-order valence-electron chi connectivity index (χ2n) is 8.97. The lowest BCUT2D eigenvalue weighted by molar-refractivity contribution is -0.125. The zero-order valence-electron chi connectivity index (χ0n) is 20.6. The van der Waals surface area contributed by atoms with Crippen molar-refractivity contribution in [1.29, 1.82) is 0 Å². The Morgan fingerprint density at radius 1 is 0.974 bits per heavy atom. The Morgan fingerprint density at radius 3 is 2.53 bits per heavy atom. The molecule has 0 aromatic heterocycles. The lowest BCUT2D eigenvalue weighted by Crippen LogP contribution is -2.45. The SMILES string of the molecule is O=C(Nc1ccc(N2CCOCC2=O)cc1Oc1ccccc1)[C@H]1CCCN1C(=O)Nc1ccc(Cl)cc1. The zero-order valence-corrected chi connectivity index (χ0v) is 21.3. The van der Waals surface area contributed by atoms with Gasteiger partial charge in [-0.25, -0.2) is 4.79 Å². The lowest BCUT2D eigenvalue weighted by atomic mass is 10.1. The van der Waals surface area contributed by atoms with Crippen molar-refractivity contribution in [2.24, 2.45) is 0 Å². The number of amides is 4. The second kappa shape index (κ2) is 11.5. The summed E-state index contributed by atoms with van der Waals surface area (Å²) in [6, 6.07) is 20.2. The molecule has 0 bridgehead atoms. The molecule has 2 N–H and O–H groups in total. The molecule has 10 heteroatoms. The molecule has 2 aliphatic rings. The molecule has 2 aliphatic heterocycles. The summed E-state index contributed by atoms with van der Waals surface area (Å²) in [7, 11) is 0. The largest absolute Gasteiger partial charge is 0.455 e. The predicted octanol–water partition coefficient (Wildman–Crippen LogP) is 5.13. The highest BCUT2D eigenvalue weighted by atomic mass is 35.5. The predicted molar refractivity (Wildman–Crippen MR) is 145 cm³/mol. The van der Waals surface area contributed by atoms with Gasteiger partial charge in [0, 0.05) is 35.6 Å². The quantitative estimate of drug-likeness (QED) is 0.456. The first-order chi connectivity index (χ1) is 18.5. The molecule has 9 nitrogen and oxygen atoms in total. The average molecular weight is 535 g/mol. The number of carbonyl (C=O) groups excluding carboxylic acids is 3.